The highest BCUT2D eigenvalue weighted by Crippen LogP contribution is 2.26. The molecule has 1 unspecified atom stereocenters. The van der Waals surface area contributed by atoms with E-state index in [1.54, 1.807) is 11.0 Å². The quantitative estimate of drug-likeness (QED) is 0.753. The van der Waals surface area contributed by atoms with Gasteiger partial charge in [0.2, 0.25) is 5.91 Å². The number of aryl methyl sites for hydroxylation is 1. The maximum Gasteiger partial charge on any atom is 0.315 e. The molecule has 2 aromatic carbocycles. The van der Waals surface area contributed by atoms with E-state index in [0.29, 0.717) is 6.54 Å². The summed E-state index contributed by atoms with van der Waals surface area (Å²) >= 11 is 0. The van der Waals surface area contributed by atoms with Crippen molar-refractivity contribution in [1.82, 2.24) is 10.6 Å². The highest BCUT2D eigenvalue weighted by atomic mass is 19.1. The van der Waals surface area contributed by atoms with E-state index in [1.165, 1.54) is 18.2 Å². The van der Waals surface area contributed by atoms with E-state index in [9.17, 15) is 19.1 Å². The Morgan fingerprint density at radius 3 is 2.67 bits per heavy atom. The smallest absolute Gasteiger partial charge is 0.315 e. The number of carbonyl (C=O) groups is 2. The third kappa shape index (κ3) is 4.62. The number of urea groups is 1. The first-order valence-corrected chi connectivity index (χ1v) is 8.88. The molecule has 1 atom stereocenters. The van der Waals surface area contributed by atoms with Crippen molar-refractivity contribution in [3.05, 3.63) is 65.5 Å². The van der Waals surface area contributed by atoms with E-state index >= 15 is 0 Å². The molecule has 7 heteroatoms. The SMILES string of the molecule is O=C(NCC(=O)N1CCCc2ccccc21)NCC(O)c1ccccc1F. The van der Waals surface area contributed by atoms with E-state index < -0.39 is 18.0 Å². The number of nitrogens with one attached hydrogen (secondary N) is 2. The predicted octanol–water partition coefficient (Wildman–Crippen LogP) is 2.14. The van der Waals surface area contributed by atoms with E-state index in [4.69, 9.17) is 0 Å². The van der Waals surface area contributed by atoms with Crippen LogP contribution >= 0.6 is 0 Å². The summed E-state index contributed by atoms with van der Waals surface area (Å²) < 4.78 is 13.6. The van der Waals surface area contributed by atoms with Crippen LogP contribution in [0, 0.1) is 5.82 Å². The average Bonchev–Trinajstić information content (AvgIpc) is 2.70. The van der Waals surface area contributed by atoms with Gasteiger partial charge in [0.25, 0.3) is 0 Å². The van der Waals surface area contributed by atoms with Crippen LogP contribution in [-0.2, 0) is 11.2 Å². The molecule has 3 N–H and O–H groups in total. The molecule has 0 fully saturated rings. The lowest BCUT2D eigenvalue weighted by Crippen LogP contribution is -2.46. The summed E-state index contributed by atoms with van der Waals surface area (Å²) in [5.74, 6) is -0.738. The number of rotatable bonds is 5. The number of anilines is 1. The van der Waals surface area contributed by atoms with Gasteiger partial charge in [-0.25, -0.2) is 9.18 Å². The van der Waals surface area contributed by atoms with Crippen molar-refractivity contribution < 1.29 is 19.1 Å². The van der Waals surface area contributed by atoms with Gasteiger partial charge in [-0.2, -0.15) is 0 Å². The van der Waals surface area contributed by atoms with Crippen molar-refractivity contribution in [2.45, 2.75) is 18.9 Å². The number of benzene rings is 2. The number of amides is 3. The van der Waals surface area contributed by atoms with Crippen LogP contribution in [0.1, 0.15) is 23.7 Å². The van der Waals surface area contributed by atoms with E-state index in [2.05, 4.69) is 10.6 Å². The van der Waals surface area contributed by atoms with Crippen molar-refractivity contribution >= 4 is 17.6 Å². The van der Waals surface area contributed by atoms with Gasteiger partial charge in [0.1, 0.15) is 5.82 Å². The summed E-state index contributed by atoms with van der Waals surface area (Å²) in [5.41, 5.74) is 2.11. The molecule has 0 saturated carbocycles. The van der Waals surface area contributed by atoms with E-state index in [-0.39, 0.29) is 24.6 Å². The highest BCUT2D eigenvalue weighted by molar-refractivity contribution is 5.97. The molecule has 0 radical (unpaired) electrons. The molecule has 1 aliphatic heterocycles. The normalized spacial score (nSPS) is 14.2. The van der Waals surface area contributed by atoms with Gasteiger partial charge in [-0.15, -0.1) is 0 Å². The zero-order chi connectivity index (χ0) is 19.2. The molecule has 142 valence electrons. The average molecular weight is 371 g/mol. The zero-order valence-corrected chi connectivity index (χ0v) is 14.8. The van der Waals surface area contributed by atoms with Crippen LogP contribution < -0.4 is 15.5 Å². The number of hydrogen-bond acceptors (Lipinski definition) is 3. The Bertz CT molecular complexity index is 828. The molecule has 0 spiro atoms. The second-order valence-corrected chi connectivity index (χ2v) is 6.38. The number of aliphatic hydroxyl groups excluding tert-OH is 1. The number of halogens is 1. The third-order valence-corrected chi connectivity index (χ3v) is 4.53. The molecule has 0 aromatic heterocycles. The minimum Gasteiger partial charge on any atom is -0.386 e. The Balaban J connectivity index is 1.48. The number of carbonyl (C=O) groups excluding carboxylic acids is 2. The van der Waals surface area contributed by atoms with Crippen LogP contribution in [0.25, 0.3) is 0 Å². The van der Waals surface area contributed by atoms with Crippen molar-refractivity contribution in [2.75, 3.05) is 24.5 Å². The number of fused-ring (bicyclic) bond motifs is 1. The van der Waals surface area contributed by atoms with Gasteiger partial charge in [0.05, 0.1) is 12.6 Å². The van der Waals surface area contributed by atoms with Crippen LogP contribution in [0.2, 0.25) is 0 Å². The summed E-state index contributed by atoms with van der Waals surface area (Å²) in [4.78, 5) is 26.0. The van der Waals surface area contributed by atoms with Gasteiger partial charge in [0, 0.05) is 24.3 Å². The molecule has 0 bridgehead atoms. The summed E-state index contributed by atoms with van der Waals surface area (Å²) in [6.45, 7) is 0.300. The predicted molar refractivity (Wildman–Crippen MR) is 99.9 cm³/mol. The first-order chi connectivity index (χ1) is 13.1. The number of nitrogens with zero attached hydrogens (tertiary/aromatic N) is 1. The van der Waals surface area contributed by atoms with Crippen LogP contribution in [0.15, 0.2) is 48.5 Å². The Hall–Kier alpha value is -2.93. The minimum absolute atomic E-state index is 0.110. The molecular weight excluding hydrogens is 349 g/mol. The summed E-state index contributed by atoms with van der Waals surface area (Å²) in [6.07, 6.45) is 0.646. The fourth-order valence-corrected chi connectivity index (χ4v) is 3.15. The minimum atomic E-state index is -1.17. The van der Waals surface area contributed by atoms with Gasteiger partial charge in [0.15, 0.2) is 0 Å². The maximum atomic E-state index is 13.6. The van der Waals surface area contributed by atoms with Gasteiger partial charge in [-0.1, -0.05) is 36.4 Å². The largest absolute Gasteiger partial charge is 0.386 e. The molecule has 3 rings (SSSR count). The fourth-order valence-electron chi connectivity index (χ4n) is 3.15. The summed E-state index contributed by atoms with van der Waals surface area (Å²) in [5, 5.41) is 14.9. The van der Waals surface area contributed by atoms with Crippen LogP contribution in [0.5, 0.6) is 0 Å². The van der Waals surface area contributed by atoms with E-state index in [1.807, 2.05) is 24.3 Å². The molecule has 2 aromatic rings. The van der Waals surface area contributed by atoms with Gasteiger partial charge >= 0.3 is 6.03 Å². The van der Waals surface area contributed by atoms with Crippen molar-refractivity contribution in [1.29, 1.82) is 0 Å². The standard InChI is InChI=1S/C20H22FN3O3/c21-16-9-3-2-8-15(16)18(25)12-22-20(27)23-13-19(26)24-11-5-7-14-6-1-4-10-17(14)24/h1-4,6,8-10,18,25H,5,7,11-13H2,(H2,22,23,27). The van der Waals surface area contributed by atoms with Crippen LogP contribution in [0.3, 0.4) is 0 Å². The molecule has 0 aliphatic carbocycles. The zero-order valence-electron chi connectivity index (χ0n) is 14.8. The molecule has 27 heavy (non-hydrogen) atoms. The Labute approximate surface area is 157 Å². The molecule has 0 saturated heterocycles. The maximum absolute atomic E-state index is 13.6. The fraction of sp³-hybridized carbons (Fsp3) is 0.300. The Morgan fingerprint density at radius 2 is 1.85 bits per heavy atom. The Kier molecular flexibility index (Phi) is 6.03. The summed E-state index contributed by atoms with van der Waals surface area (Å²) in [6, 6.07) is 13.0. The molecule has 1 aliphatic rings. The first kappa shape index (κ1) is 18.8. The monoisotopic (exact) mass is 371 g/mol. The van der Waals surface area contributed by atoms with Crippen molar-refractivity contribution in [2.24, 2.45) is 0 Å². The van der Waals surface area contributed by atoms with Crippen LogP contribution in [-0.4, -0.2) is 36.7 Å². The lowest BCUT2D eigenvalue weighted by molar-refractivity contribution is -0.117. The lowest BCUT2D eigenvalue weighted by Gasteiger charge is -2.29. The number of hydrogen-bond donors (Lipinski definition) is 3. The second kappa shape index (κ2) is 8.64. The summed E-state index contributed by atoms with van der Waals surface area (Å²) in [7, 11) is 0. The first-order valence-electron chi connectivity index (χ1n) is 8.88. The topological polar surface area (TPSA) is 81.7 Å². The molecule has 6 nitrogen and oxygen atoms in total. The number of aliphatic hydroxyl groups is 1. The second-order valence-electron chi connectivity index (χ2n) is 6.38. The molecule has 1 heterocycles. The van der Waals surface area contributed by atoms with Gasteiger partial charge in [-0.3, -0.25) is 4.79 Å². The van der Waals surface area contributed by atoms with Gasteiger partial charge < -0.3 is 20.6 Å². The van der Waals surface area contributed by atoms with E-state index in [0.717, 1.165) is 24.1 Å². The molecular formula is C20H22FN3O3. The molecule has 3 amide bonds. The third-order valence-electron chi connectivity index (χ3n) is 4.53. The van der Waals surface area contributed by atoms with Gasteiger partial charge in [-0.05, 0) is 30.5 Å². The highest BCUT2D eigenvalue weighted by Gasteiger charge is 2.22. The van der Waals surface area contributed by atoms with Crippen molar-refractivity contribution in [3.63, 3.8) is 0 Å². The number of para-hydroxylation sites is 1. The van der Waals surface area contributed by atoms with Crippen molar-refractivity contribution in [3.8, 4) is 0 Å². The lowest BCUT2D eigenvalue weighted by atomic mass is 10.0. The van der Waals surface area contributed by atoms with Crippen LogP contribution in [0.4, 0.5) is 14.9 Å². The Morgan fingerprint density at radius 1 is 1.11 bits per heavy atom.